The third-order valence-electron chi connectivity index (χ3n) is 4.31. The van der Waals surface area contributed by atoms with Gasteiger partial charge in [0, 0.05) is 25.2 Å². The number of hydrogen-bond donors (Lipinski definition) is 2. The van der Waals surface area contributed by atoms with Crippen LogP contribution in [-0.4, -0.2) is 39.9 Å². The molecule has 0 unspecified atom stereocenters. The Hall–Kier alpha value is -0.950. The van der Waals surface area contributed by atoms with E-state index < -0.39 is 15.4 Å². The number of ether oxygens (including phenoxy) is 1. The van der Waals surface area contributed by atoms with Gasteiger partial charge in [0.15, 0.2) is 0 Å². The number of aliphatic hydroxyl groups excluding tert-OH is 1. The molecule has 1 heterocycles. The Kier molecular flexibility index (Phi) is 5.03. The lowest BCUT2D eigenvalue weighted by atomic mass is 9.81. The SMILES string of the molecule is Cc1ccc(S(=O)(=O)NCC2(CO)CCOCC2)cc1C. The first-order valence-electron chi connectivity index (χ1n) is 7.14. The van der Waals surface area contributed by atoms with Crippen molar-refractivity contribution in [2.24, 2.45) is 5.41 Å². The van der Waals surface area contributed by atoms with E-state index in [0.29, 0.717) is 26.1 Å². The van der Waals surface area contributed by atoms with Crippen LogP contribution in [0.15, 0.2) is 23.1 Å². The molecule has 1 saturated heterocycles. The maximum Gasteiger partial charge on any atom is 0.240 e. The number of hydrogen-bond acceptors (Lipinski definition) is 4. The average Bonchev–Trinajstić information content (AvgIpc) is 2.49. The highest BCUT2D eigenvalue weighted by molar-refractivity contribution is 7.89. The molecule has 0 saturated carbocycles. The molecule has 0 spiro atoms. The standard InChI is InChI=1S/C15H23NO4S/c1-12-3-4-14(9-13(12)2)21(18,19)16-10-15(11-17)5-7-20-8-6-15/h3-4,9,16-17H,5-8,10-11H2,1-2H3. The maximum absolute atomic E-state index is 12.4. The van der Waals surface area contributed by atoms with Crippen molar-refractivity contribution in [3.05, 3.63) is 29.3 Å². The van der Waals surface area contributed by atoms with Crippen molar-refractivity contribution in [1.82, 2.24) is 4.72 Å². The molecule has 2 rings (SSSR count). The number of rotatable bonds is 5. The van der Waals surface area contributed by atoms with Crippen LogP contribution in [-0.2, 0) is 14.8 Å². The van der Waals surface area contributed by atoms with E-state index in [0.717, 1.165) is 11.1 Å². The van der Waals surface area contributed by atoms with Crippen LogP contribution < -0.4 is 4.72 Å². The molecule has 0 amide bonds. The second-order valence-electron chi connectivity index (χ2n) is 5.84. The molecule has 0 atom stereocenters. The molecule has 1 fully saturated rings. The van der Waals surface area contributed by atoms with Gasteiger partial charge in [-0.15, -0.1) is 0 Å². The second kappa shape index (κ2) is 6.44. The topological polar surface area (TPSA) is 75.6 Å². The minimum Gasteiger partial charge on any atom is -0.396 e. The largest absolute Gasteiger partial charge is 0.396 e. The molecule has 118 valence electrons. The molecule has 0 aliphatic carbocycles. The Labute approximate surface area is 126 Å². The Morgan fingerprint density at radius 2 is 1.90 bits per heavy atom. The smallest absolute Gasteiger partial charge is 0.240 e. The van der Waals surface area contributed by atoms with Gasteiger partial charge in [-0.3, -0.25) is 0 Å². The van der Waals surface area contributed by atoms with E-state index in [4.69, 9.17) is 4.74 Å². The number of aryl methyl sites for hydroxylation is 2. The minimum absolute atomic E-state index is 0.0359. The van der Waals surface area contributed by atoms with E-state index in [-0.39, 0.29) is 18.0 Å². The van der Waals surface area contributed by atoms with E-state index in [1.807, 2.05) is 13.8 Å². The molecule has 6 heteroatoms. The molecule has 2 N–H and O–H groups in total. The normalized spacial score (nSPS) is 18.6. The quantitative estimate of drug-likeness (QED) is 0.861. The fourth-order valence-electron chi connectivity index (χ4n) is 2.41. The van der Waals surface area contributed by atoms with Crippen LogP contribution in [0.25, 0.3) is 0 Å². The Bertz CT molecular complexity index is 592. The number of nitrogens with one attached hydrogen (secondary N) is 1. The average molecular weight is 313 g/mol. The first kappa shape index (κ1) is 16.4. The first-order chi connectivity index (χ1) is 9.88. The Balaban J connectivity index is 2.11. The zero-order valence-electron chi connectivity index (χ0n) is 12.6. The third-order valence-corrected chi connectivity index (χ3v) is 5.71. The van der Waals surface area contributed by atoms with Gasteiger partial charge in [-0.2, -0.15) is 0 Å². The van der Waals surface area contributed by atoms with Crippen LogP contribution in [0, 0.1) is 19.3 Å². The molecule has 0 aromatic heterocycles. The second-order valence-corrected chi connectivity index (χ2v) is 7.61. The molecular formula is C15H23NO4S. The van der Waals surface area contributed by atoms with Gasteiger partial charge < -0.3 is 9.84 Å². The van der Waals surface area contributed by atoms with Crippen molar-refractivity contribution in [3.63, 3.8) is 0 Å². The summed E-state index contributed by atoms with van der Waals surface area (Å²) in [5.41, 5.74) is 1.59. The van der Waals surface area contributed by atoms with Crippen LogP contribution >= 0.6 is 0 Å². The van der Waals surface area contributed by atoms with Crippen molar-refractivity contribution in [1.29, 1.82) is 0 Å². The number of benzene rings is 1. The van der Waals surface area contributed by atoms with Gasteiger partial charge >= 0.3 is 0 Å². The molecule has 1 aromatic carbocycles. The van der Waals surface area contributed by atoms with Crippen LogP contribution in [0.3, 0.4) is 0 Å². The summed E-state index contributed by atoms with van der Waals surface area (Å²) in [6.07, 6.45) is 1.33. The Morgan fingerprint density at radius 3 is 2.48 bits per heavy atom. The van der Waals surface area contributed by atoms with Crippen molar-refractivity contribution in [3.8, 4) is 0 Å². The van der Waals surface area contributed by atoms with Crippen molar-refractivity contribution < 1.29 is 18.3 Å². The predicted molar refractivity (Wildman–Crippen MR) is 80.7 cm³/mol. The zero-order chi connectivity index (χ0) is 15.5. The summed E-state index contributed by atoms with van der Waals surface area (Å²) < 4.78 is 32.7. The lowest BCUT2D eigenvalue weighted by Gasteiger charge is -2.35. The third kappa shape index (κ3) is 3.83. The Morgan fingerprint density at radius 1 is 1.24 bits per heavy atom. The van der Waals surface area contributed by atoms with Gasteiger partial charge in [0.1, 0.15) is 0 Å². The molecular weight excluding hydrogens is 290 g/mol. The number of sulfonamides is 1. The lowest BCUT2D eigenvalue weighted by Crippen LogP contribution is -2.43. The summed E-state index contributed by atoms with van der Waals surface area (Å²) in [6, 6.07) is 5.09. The maximum atomic E-state index is 12.4. The van der Waals surface area contributed by atoms with Gasteiger partial charge in [0.05, 0.1) is 11.5 Å². The molecule has 0 radical (unpaired) electrons. The van der Waals surface area contributed by atoms with Gasteiger partial charge in [-0.1, -0.05) is 6.07 Å². The van der Waals surface area contributed by atoms with Crippen molar-refractivity contribution in [2.75, 3.05) is 26.4 Å². The monoisotopic (exact) mass is 313 g/mol. The van der Waals surface area contributed by atoms with E-state index in [1.54, 1.807) is 18.2 Å². The van der Waals surface area contributed by atoms with E-state index >= 15 is 0 Å². The van der Waals surface area contributed by atoms with Gasteiger partial charge in [0.25, 0.3) is 0 Å². The van der Waals surface area contributed by atoms with Crippen LogP contribution in [0.4, 0.5) is 0 Å². The van der Waals surface area contributed by atoms with E-state index in [1.165, 1.54) is 0 Å². The van der Waals surface area contributed by atoms with Crippen LogP contribution in [0.5, 0.6) is 0 Å². The molecule has 0 bridgehead atoms. The highest BCUT2D eigenvalue weighted by Crippen LogP contribution is 2.29. The molecule has 1 aliphatic rings. The summed E-state index contributed by atoms with van der Waals surface area (Å²) in [5.74, 6) is 0. The minimum atomic E-state index is -3.55. The summed E-state index contributed by atoms with van der Waals surface area (Å²) >= 11 is 0. The molecule has 5 nitrogen and oxygen atoms in total. The molecule has 1 aromatic rings. The highest BCUT2D eigenvalue weighted by atomic mass is 32.2. The summed E-state index contributed by atoms with van der Waals surface area (Å²) in [4.78, 5) is 0.269. The number of aliphatic hydroxyl groups is 1. The van der Waals surface area contributed by atoms with Crippen LogP contribution in [0.2, 0.25) is 0 Å². The molecule has 1 aliphatic heterocycles. The highest BCUT2D eigenvalue weighted by Gasteiger charge is 2.33. The summed E-state index contributed by atoms with van der Waals surface area (Å²) in [7, 11) is -3.55. The van der Waals surface area contributed by atoms with Crippen LogP contribution in [0.1, 0.15) is 24.0 Å². The van der Waals surface area contributed by atoms with Crippen molar-refractivity contribution in [2.45, 2.75) is 31.6 Å². The fraction of sp³-hybridized carbons (Fsp3) is 0.600. The first-order valence-corrected chi connectivity index (χ1v) is 8.62. The summed E-state index contributed by atoms with van der Waals surface area (Å²) in [5, 5.41) is 9.60. The predicted octanol–water partition coefficient (Wildman–Crippen LogP) is 1.37. The van der Waals surface area contributed by atoms with Crippen molar-refractivity contribution >= 4 is 10.0 Å². The van der Waals surface area contributed by atoms with E-state index in [9.17, 15) is 13.5 Å². The van der Waals surface area contributed by atoms with Gasteiger partial charge in [-0.25, -0.2) is 13.1 Å². The van der Waals surface area contributed by atoms with Gasteiger partial charge in [-0.05, 0) is 49.9 Å². The lowest BCUT2D eigenvalue weighted by molar-refractivity contribution is -0.0126. The fourth-order valence-corrected chi connectivity index (χ4v) is 3.65. The van der Waals surface area contributed by atoms with Gasteiger partial charge in [0.2, 0.25) is 10.0 Å². The molecule has 21 heavy (non-hydrogen) atoms. The summed E-state index contributed by atoms with van der Waals surface area (Å²) in [6.45, 7) is 5.16. The zero-order valence-corrected chi connectivity index (χ0v) is 13.4. The van der Waals surface area contributed by atoms with E-state index in [2.05, 4.69) is 4.72 Å².